The van der Waals surface area contributed by atoms with E-state index in [0.29, 0.717) is 17.7 Å². The average Bonchev–Trinajstić information content (AvgIpc) is 2.48. The minimum atomic E-state index is 0.624. The molecule has 1 rings (SSSR count). The van der Waals surface area contributed by atoms with E-state index in [-0.39, 0.29) is 0 Å². The second-order valence-corrected chi connectivity index (χ2v) is 6.12. The van der Waals surface area contributed by atoms with Gasteiger partial charge < -0.3 is 10.1 Å². The summed E-state index contributed by atoms with van der Waals surface area (Å²) < 4.78 is 5.76. The van der Waals surface area contributed by atoms with Gasteiger partial charge in [-0.3, -0.25) is 0 Å². The number of hydrogen-bond acceptors (Lipinski definition) is 4. The number of hydrogen-bond donors (Lipinski definition) is 1. The summed E-state index contributed by atoms with van der Waals surface area (Å²) in [7, 11) is 0. The van der Waals surface area contributed by atoms with Crippen molar-refractivity contribution in [3.63, 3.8) is 0 Å². The molecule has 1 unspecified atom stereocenters. The number of rotatable bonds is 11. The van der Waals surface area contributed by atoms with Gasteiger partial charge in [0.05, 0.1) is 12.3 Å². The predicted octanol–water partition coefficient (Wildman–Crippen LogP) is 3.82. The normalized spacial score (nSPS) is 12.6. The van der Waals surface area contributed by atoms with Gasteiger partial charge in [0.1, 0.15) is 0 Å². The smallest absolute Gasteiger partial charge is 0.233 e. The molecule has 120 valence electrons. The fraction of sp³-hybridized carbons (Fsp3) is 0.765. The molecule has 1 aromatic heterocycles. The lowest BCUT2D eigenvalue weighted by Gasteiger charge is -2.14. The Morgan fingerprint density at radius 3 is 2.57 bits per heavy atom. The number of ether oxygens (including phenoxy) is 1. The number of aromatic nitrogens is 2. The molecule has 0 aliphatic carbocycles. The molecule has 21 heavy (non-hydrogen) atoms. The van der Waals surface area contributed by atoms with Gasteiger partial charge in [-0.15, -0.1) is 5.10 Å². The number of unbranched alkanes of at least 4 members (excludes halogenated alkanes) is 1. The molecular weight excluding hydrogens is 262 g/mol. The summed E-state index contributed by atoms with van der Waals surface area (Å²) in [4.78, 5) is 0. The van der Waals surface area contributed by atoms with Gasteiger partial charge in [-0.1, -0.05) is 47.0 Å². The standard InChI is InChI=1S/C17H31N3O/c1-5-7-8-15(6-2)13-21-17-10-9-16(19-20-17)12-18-11-14(3)4/h9-10,14-15,18H,5-8,11-13H2,1-4H3. The Hall–Kier alpha value is -1.16. The van der Waals surface area contributed by atoms with E-state index in [9.17, 15) is 0 Å². The zero-order valence-electron chi connectivity index (χ0n) is 14.1. The van der Waals surface area contributed by atoms with Crippen LogP contribution >= 0.6 is 0 Å². The maximum absolute atomic E-state index is 5.76. The van der Waals surface area contributed by atoms with Crippen molar-refractivity contribution in [1.29, 1.82) is 0 Å². The van der Waals surface area contributed by atoms with Crippen molar-refractivity contribution >= 4 is 0 Å². The Morgan fingerprint density at radius 1 is 1.19 bits per heavy atom. The highest BCUT2D eigenvalue weighted by molar-refractivity contribution is 5.11. The molecule has 1 atom stereocenters. The molecule has 1 N–H and O–H groups in total. The van der Waals surface area contributed by atoms with E-state index in [2.05, 4.69) is 43.2 Å². The van der Waals surface area contributed by atoms with Crippen LogP contribution in [0, 0.1) is 11.8 Å². The molecular formula is C17H31N3O. The largest absolute Gasteiger partial charge is 0.476 e. The Balaban J connectivity index is 2.32. The molecule has 0 radical (unpaired) electrons. The summed E-state index contributed by atoms with van der Waals surface area (Å²) in [5.41, 5.74) is 0.959. The Morgan fingerprint density at radius 2 is 2.00 bits per heavy atom. The third-order valence-corrected chi connectivity index (χ3v) is 3.56. The van der Waals surface area contributed by atoms with Crippen LogP contribution < -0.4 is 10.1 Å². The maximum Gasteiger partial charge on any atom is 0.233 e. The van der Waals surface area contributed by atoms with Gasteiger partial charge in [0.25, 0.3) is 0 Å². The summed E-state index contributed by atoms with van der Waals surface area (Å²) in [6.45, 7) is 11.3. The summed E-state index contributed by atoms with van der Waals surface area (Å²) in [5.74, 6) is 1.91. The van der Waals surface area contributed by atoms with Crippen molar-refractivity contribution in [3.05, 3.63) is 17.8 Å². The topological polar surface area (TPSA) is 47.0 Å². The van der Waals surface area contributed by atoms with Gasteiger partial charge in [-0.25, -0.2) is 0 Å². The van der Waals surface area contributed by atoms with E-state index in [1.165, 1.54) is 19.3 Å². The van der Waals surface area contributed by atoms with Gasteiger partial charge in [-0.05, 0) is 30.9 Å². The van der Waals surface area contributed by atoms with Gasteiger partial charge in [0, 0.05) is 12.6 Å². The fourth-order valence-corrected chi connectivity index (χ4v) is 2.11. The van der Waals surface area contributed by atoms with Crippen molar-refractivity contribution in [2.75, 3.05) is 13.2 Å². The SMILES string of the molecule is CCCCC(CC)COc1ccc(CNCC(C)C)nn1. The molecule has 0 saturated carbocycles. The van der Waals surface area contributed by atoms with E-state index in [1.54, 1.807) is 0 Å². The van der Waals surface area contributed by atoms with Crippen molar-refractivity contribution in [2.45, 2.75) is 59.9 Å². The third kappa shape index (κ3) is 8.00. The van der Waals surface area contributed by atoms with Crippen LogP contribution in [0.15, 0.2) is 12.1 Å². The Labute approximate surface area is 129 Å². The highest BCUT2D eigenvalue weighted by Crippen LogP contribution is 2.14. The second kappa shape index (κ2) is 10.6. The van der Waals surface area contributed by atoms with Gasteiger partial charge >= 0.3 is 0 Å². The highest BCUT2D eigenvalue weighted by atomic mass is 16.5. The molecule has 0 fully saturated rings. The lowest BCUT2D eigenvalue weighted by molar-refractivity contribution is 0.223. The van der Waals surface area contributed by atoms with Crippen LogP contribution in [0.5, 0.6) is 5.88 Å². The highest BCUT2D eigenvalue weighted by Gasteiger charge is 2.07. The lowest BCUT2D eigenvalue weighted by atomic mass is 10.0. The van der Waals surface area contributed by atoms with Crippen LogP contribution in [0.25, 0.3) is 0 Å². The molecule has 4 nitrogen and oxygen atoms in total. The Kier molecular flexibility index (Phi) is 8.99. The first-order valence-corrected chi connectivity index (χ1v) is 8.31. The van der Waals surface area contributed by atoms with Crippen LogP contribution in [0.1, 0.15) is 59.1 Å². The summed E-state index contributed by atoms with van der Waals surface area (Å²) in [6, 6.07) is 3.91. The molecule has 4 heteroatoms. The first-order valence-electron chi connectivity index (χ1n) is 8.31. The second-order valence-electron chi connectivity index (χ2n) is 6.12. The van der Waals surface area contributed by atoms with Crippen LogP contribution in [0.2, 0.25) is 0 Å². The fourth-order valence-electron chi connectivity index (χ4n) is 2.11. The van der Waals surface area contributed by atoms with Gasteiger partial charge in [-0.2, -0.15) is 5.10 Å². The molecule has 0 saturated heterocycles. The molecule has 0 amide bonds. The van der Waals surface area contributed by atoms with Crippen LogP contribution in [0.3, 0.4) is 0 Å². The maximum atomic E-state index is 5.76. The number of nitrogens with zero attached hydrogens (tertiary/aromatic N) is 2. The van der Waals surface area contributed by atoms with E-state index in [4.69, 9.17) is 4.74 Å². The van der Waals surface area contributed by atoms with Gasteiger partial charge in [0.2, 0.25) is 5.88 Å². The lowest BCUT2D eigenvalue weighted by Crippen LogP contribution is -2.20. The minimum Gasteiger partial charge on any atom is -0.476 e. The zero-order valence-corrected chi connectivity index (χ0v) is 14.1. The molecule has 0 spiro atoms. The van der Waals surface area contributed by atoms with Crippen molar-refractivity contribution in [2.24, 2.45) is 11.8 Å². The van der Waals surface area contributed by atoms with Crippen molar-refractivity contribution < 1.29 is 4.74 Å². The molecule has 0 aromatic carbocycles. The molecule has 1 aromatic rings. The van der Waals surface area contributed by atoms with E-state index in [0.717, 1.165) is 31.8 Å². The van der Waals surface area contributed by atoms with E-state index >= 15 is 0 Å². The summed E-state index contributed by atoms with van der Waals surface area (Å²) >= 11 is 0. The summed E-state index contributed by atoms with van der Waals surface area (Å²) in [5, 5.41) is 11.7. The number of nitrogens with one attached hydrogen (secondary N) is 1. The third-order valence-electron chi connectivity index (χ3n) is 3.56. The van der Waals surface area contributed by atoms with Crippen molar-refractivity contribution in [1.82, 2.24) is 15.5 Å². The first-order chi connectivity index (χ1) is 10.2. The van der Waals surface area contributed by atoms with E-state index < -0.39 is 0 Å². The minimum absolute atomic E-state index is 0.624. The first kappa shape index (κ1) is 17.9. The van der Waals surface area contributed by atoms with E-state index in [1.807, 2.05) is 12.1 Å². The van der Waals surface area contributed by atoms with Gasteiger partial charge in [0.15, 0.2) is 0 Å². The Bertz CT molecular complexity index is 365. The average molecular weight is 293 g/mol. The van der Waals surface area contributed by atoms with Crippen LogP contribution in [0.4, 0.5) is 0 Å². The molecule has 0 bridgehead atoms. The monoisotopic (exact) mass is 293 g/mol. The van der Waals surface area contributed by atoms with Crippen molar-refractivity contribution in [3.8, 4) is 5.88 Å². The zero-order chi connectivity index (χ0) is 15.5. The molecule has 0 aliphatic heterocycles. The van der Waals surface area contributed by atoms with Crippen LogP contribution in [-0.4, -0.2) is 23.3 Å². The molecule has 0 aliphatic rings. The predicted molar refractivity (Wildman–Crippen MR) is 87.4 cm³/mol. The van der Waals surface area contributed by atoms with Crippen LogP contribution in [-0.2, 0) is 6.54 Å². The quantitative estimate of drug-likeness (QED) is 0.674. The molecule has 1 heterocycles. The summed E-state index contributed by atoms with van der Waals surface area (Å²) in [6.07, 6.45) is 4.91.